The third kappa shape index (κ3) is 9.63. The molecule has 4 N–H and O–H groups in total. The molecular formula is C16H23IN4O2. The van der Waals surface area contributed by atoms with E-state index in [0.717, 1.165) is 18.5 Å². The van der Waals surface area contributed by atoms with Gasteiger partial charge in [0.25, 0.3) is 5.91 Å². The molecule has 0 heterocycles. The van der Waals surface area contributed by atoms with E-state index in [1.807, 2.05) is 31.2 Å². The molecule has 0 saturated carbocycles. The van der Waals surface area contributed by atoms with E-state index in [1.165, 1.54) is 0 Å². The van der Waals surface area contributed by atoms with Gasteiger partial charge < -0.3 is 21.1 Å². The van der Waals surface area contributed by atoms with Crippen LogP contribution in [-0.2, 0) is 11.2 Å². The maximum atomic E-state index is 10.6. The number of aliphatic imine (C=N–C) groups is 1. The zero-order valence-corrected chi connectivity index (χ0v) is 15.5. The Morgan fingerprint density at radius 3 is 2.61 bits per heavy atom. The monoisotopic (exact) mass is 430 g/mol. The molecule has 0 aliphatic rings. The second-order valence-corrected chi connectivity index (χ2v) is 4.47. The Labute approximate surface area is 154 Å². The van der Waals surface area contributed by atoms with Gasteiger partial charge in [0.2, 0.25) is 0 Å². The van der Waals surface area contributed by atoms with E-state index >= 15 is 0 Å². The van der Waals surface area contributed by atoms with E-state index in [4.69, 9.17) is 16.9 Å². The van der Waals surface area contributed by atoms with Crippen molar-refractivity contribution >= 4 is 35.8 Å². The van der Waals surface area contributed by atoms with Gasteiger partial charge in [-0.2, -0.15) is 0 Å². The van der Waals surface area contributed by atoms with E-state index in [-0.39, 0.29) is 30.6 Å². The van der Waals surface area contributed by atoms with Crippen LogP contribution in [0.2, 0.25) is 0 Å². The van der Waals surface area contributed by atoms with Crippen LogP contribution in [0.1, 0.15) is 12.5 Å². The fraction of sp³-hybridized carbons (Fsp3) is 0.375. The number of guanidine groups is 1. The summed E-state index contributed by atoms with van der Waals surface area (Å²) in [6, 6.07) is 7.49. The van der Waals surface area contributed by atoms with Crippen molar-refractivity contribution in [3.63, 3.8) is 0 Å². The molecule has 0 atom stereocenters. The number of halogens is 1. The second kappa shape index (κ2) is 12.6. The van der Waals surface area contributed by atoms with Gasteiger partial charge >= 0.3 is 0 Å². The Kier molecular flexibility index (Phi) is 11.5. The number of primary amides is 1. The molecular weight excluding hydrogens is 407 g/mol. The predicted octanol–water partition coefficient (Wildman–Crippen LogP) is 0.900. The van der Waals surface area contributed by atoms with E-state index in [9.17, 15) is 4.79 Å². The molecule has 0 unspecified atom stereocenters. The summed E-state index contributed by atoms with van der Waals surface area (Å²) in [5.74, 6) is 3.35. The summed E-state index contributed by atoms with van der Waals surface area (Å²) in [6.45, 7) is 3.75. The fourth-order valence-corrected chi connectivity index (χ4v) is 1.68. The van der Waals surface area contributed by atoms with Crippen LogP contribution in [0.4, 0.5) is 0 Å². The van der Waals surface area contributed by atoms with Crippen LogP contribution in [0, 0.1) is 12.3 Å². The number of nitrogens with two attached hydrogens (primary N) is 1. The van der Waals surface area contributed by atoms with Crippen molar-refractivity contribution in [1.82, 2.24) is 10.6 Å². The molecule has 7 heteroatoms. The number of carbonyl (C=O) groups is 1. The molecule has 0 spiro atoms. The van der Waals surface area contributed by atoms with Gasteiger partial charge in [-0.3, -0.25) is 9.79 Å². The molecule has 0 radical (unpaired) electrons. The average molecular weight is 430 g/mol. The summed E-state index contributed by atoms with van der Waals surface area (Å²) >= 11 is 0. The van der Waals surface area contributed by atoms with Crippen molar-refractivity contribution in [2.24, 2.45) is 10.7 Å². The Hall–Kier alpha value is -1.95. The van der Waals surface area contributed by atoms with Crippen molar-refractivity contribution in [2.75, 3.05) is 26.2 Å². The SMILES string of the molecule is C#CCNC(=NCCc1ccc(OCC(N)=O)cc1)NCC.I. The molecule has 6 nitrogen and oxygen atoms in total. The van der Waals surface area contributed by atoms with Gasteiger partial charge in [0.05, 0.1) is 6.54 Å². The van der Waals surface area contributed by atoms with Crippen molar-refractivity contribution in [3.8, 4) is 18.1 Å². The van der Waals surface area contributed by atoms with Gasteiger partial charge in [-0.05, 0) is 31.0 Å². The number of carbonyl (C=O) groups excluding carboxylic acids is 1. The maximum Gasteiger partial charge on any atom is 0.255 e. The highest BCUT2D eigenvalue weighted by Gasteiger charge is 1.99. The fourth-order valence-electron chi connectivity index (χ4n) is 1.68. The highest BCUT2D eigenvalue weighted by atomic mass is 127. The van der Waals surface area contributed by atoms with Gasteiger partial charge in [0, 0.05) is 13.1 Å². The number of hydrogen-bond acceptors (Lipinski definition) is 3. The Balaban J connectivity index is 0.00000484. The number of benzene rings is 1. The third-order valence-electron chi connectivity index (χ3n) is 2.68. The highest BCUT2D eigenvalue weighted by molar-refractivity contribution is 14.0. The summed E-state index contributed by atoms with van der Waals surface area (Å²) in [5, 5.41) is 6.15. The smallest absolute Gasteiger partial charge is 0.255 e. The summed E-state index contributed by atoms with van der Waals surface area (Å²) in [4.78, 5) is 15.1. The molecule has 0 bridgehead atoms. The lowest BCUT2D eigenvalue weighted by atomic mass is 10.1. The first-order valence-electron chi connectivity index (χ1n) is 7.11. The van der Waals surface area contributed by atoms with E-state index in [0.29, 0.717) is 24.8 Å². The van der Waals surface area contributed by atoms with E-state index in [1.54, 1.807) is 0 Å². The molecule has 0 aromatic heterocycles. The molecule has 1 rings (SSSR count). The normalized spacial score (nSPS) is 10.2. The molecule has 0 saturated heterocycles. The lowest BCUT2D eigenvalue weighted by Crippen LogP contribution is -2.37. The van der Waals surface area contributed by atoms with Crippen LogP contribution in [-0.4, -0.2) is 38.1 Å². The second-order valence-electron chi connectivity index (χ2n) is 4.47. The van der Waals surface area contributed by atoms with Crippen LogP contribution in [0.5, 0.6) is 5.75 Å². The lowest BCUT2D eigenvalue weighted by molar-refractivity contribution is -0.119. The first-order valence-corrected chi connectivity index (χ1v) is 7.11. The first-order chi connectivity index (χ1) is 10.7. The number of nitrogens with one attached hydrogen (secondary N) is 2. The average Bonchev–Trinajstić information content (AvgIpc) is 2.51. The number of nitrogens with zero attached hydrogens (tertiary/aromatic N) is 1. The van der Waals surface area contributed by atoms with Crippen molar-refractivity contribution in [2.45, 2.75) is 13.3 Å². The minimum absolute atomic E-state index is 0. The number of hydrogen-bond donors (Lipinski definition) is 3. The molecule has 1 amide bonds. The van der Waals surface area contributed by atoms with Gasteiger partial charge in [0.15, 0.2) is 12.6 Å². The summed E-state index contributed by atoms with van der Waals surface area (Å²) < 4.78 is 5.20. The van der Waals surface area contributed by atoms with E-state index < -0.39 is 5.91 Å². The lowest BCUT2D eigenvalue weighted by Gasteiger charge is -2.09. The molecule has 0 aliphatic carbocycles. The Morgan fingerprint density at radius 1 is 1.35 bits per heavy atom. The standard InChI is InChI=1S/C16H22N4O2.HI/c1-3-10-19-16(18-4-2)20-11-9-13-5-7-14(8-6-13)22-12-15(17)21;/h1,5-8H,4,9-12H2,2H3,(H2,17,21)(H2,18,19,20);1H. The Morgan fingerprint density at radius 2 is 2.04 bits per heavy atom. The third-order valence-corrected chi connectivity index (χ3v) is 2.68. The zero-order chi connectivity index (χ0) is 16.2. The molecule has 0 aliphatic heterocycles. The minimum atomic E-state index is -0.492. The number of ether oxygens (including phenoxy) is 1. The summed E-state index contributed by atoms with van der Waals surface area (Å²) in [5.41, 5.74) is 6.15. The molecule has 1 aromatic rings. The zero-order valence-electron chi connectivity index (χ0n) is 13.2. The van der Waals surface area contributed by atoms with Crippen LogP contribution in [0.25, 0.3) is 0 Å². The number of rotatable bonds is 8. The van der Waals surface area contributed by atoms with Gasteiger partial charge in [-0.15, -0.1) is 30.4 Å². The first kappa shape index (κ1) is 21.0. The van der Waals surface area contributed by atoms with Gasteiger partial charge in [0.1, 0.15) is 5.75 Å². The minimum Gasteiger partial charge on any atom is -0.484 e. The van der Waals surface area contributed by atoms with Crippen LogP contribution in [0.3, 0.4) is 0 Å². The Bertz CT molecular complexity index is 538. The van der Waals surface area contributed by atoms with Crippen molar-refractivity contribution in [3.05, 3.63) is 29.8 Å². The quantitative estimate of drug-likeness (QED) is 0.248. The molecule has 1 aromatic carbocycles. The van der Waals surface area contributed by atoms with Crippen molar-refractivity contribution < 1.29 is 9.53 Å². The summed E-state index contributed by atoms with van der Waals surface area (Å²) in [7, 11) is 0. The molecule has 126 valence electrons. The molecule has 0 fully saturated rings. The number of terminal acetylenes is 1. The van der Waals surface area contributed by atoms with Gasteiger partial charge in [-0.25, -0.2) is 0 Å². The van der Waals surface area contributed by atoms with E-state index in [2.05, 4.69) is 21.5 Å². The van der Waals surface area contributed by atoms with Crippen LogP contribution in [0.15, 0.2) is 29.3 Å². The largest absolute Gasteiger partial charge is 0.484 e. The van der Waals surface area contributed by atoms with Crippen molar-refractivity contribution in [1.29, 1.82) is 0 Å². The van der Waals surface area contributed by atoms with Crippen LogP contribution < -0.4 is 21.1 Å². The highest BCUT2D eigenvalue weighted by Crippen LogP contribution is 2.12. The molecule has 23 heavy (non-hydrogen) atoms. The number of amides is 1. The summed E-state index contributed by atoms with van der Waals surface area (Å²) in [6.07, 6.45) is 6.01. The van der Waals surface area contributed by atoms with Gasteiger partial charge in [-0.1, -0.05) is 18.1 Å². The maximum absolute atomic E-state index is 10.6. The van der Waals surface area contributed by atoms with Crippen LogP contribution >= 0.6 is 24.0 Å². The topological polar surface area (TPSA) is 88.7 Å². The predicted molar refractivity (Wildman–Crippen MR) is 103 cm³/mol.